The number of carbonyl (C=O) groups is 1. The molecule has 0 aliphatic rings. The first-order valence-corrected chi connectivity index (χ1v) is 5.96. The average Bonchev–Trinajstić information content (AvgIpc) is 2.46. The predicted octanol–water partition coefficient (Wildman–Crippen LogP) is 2.01. The van der Waals surface area contributed by atoms with Gasteiger partial charge in [0, 0.05) is 16.8 Å². The van der Waals surface area contributed by atoms with Gasteiger partial charge in [-0.25, -0.2) is 4.79 Å². The Morgan fingerprint density at radius 1 is 1.20 bits per heavy atom. The predicted molar refractivity (Wildman–Crippen MR) is 78.6 cm³/mol. The second-order valence-corrected chi connectivity index (χ2v) is 4.26. The lowest BCUT2D eigenvalue weighted by atomic mass is 9.96. The van der Waals surface area contributed by atoms with E-state index in [9.17, 15) is 4.79 Å². The summed E-state index contributed by atoms with van der Waals surface area (Å²) in [5.74, 6) is -0.499. The van der Waals surface area contributed by atoms with Gasteiger partial charge in [-0.3, -0.25) is 5.41 Å². The number of benzene rings is 2. The van der Waals surface area contributed by atoms with Crippen LogP contribution in [0, 0.1) is 5.41 Å². The van der Waals surface area contributed by atoms with Crippen molar-refractivity contribution in [3.8, 4) is 11.1 Å². The summed E-state index contributed by atoms with van der Waals surface area (Å²) < 4.78 is 4.77. The Morgan fingerprint density at radius 2 is 1.90 bits per heavy atom. The van der Waals surface area contributed by atoms with Gasteiger partial charge in [0.1, 0.15) is 5.84 Å². The van der Waals surface area contributed by atoms with E-state index in [1.165, 1.54) is 7.11 Å². The highest BCUT2D eigenvalue weighted by Gasteiger charge is 2.16. The summed E-state index contributed by atoms with van der Waals surface area (Å²) in [6.07, 6.45) is 0. The van der Waals surface area contributed by atoms with Gasteiger partial charge in [0.25, 0.3) is 0 Å². The molecule has 0 atom stereocenters. The first-order valence-electron chi connectivity index (χ1n) is 5.96. The molecule has 2 aromatic rings. The highest BCUT2D eigenvalue weighted by molar-refractivity contribution is 6.02. The maximum absolute atomic E-state index is 11.8. The number of carbonyl (C=O) groups excluding carboxylic acids is 1. The van der Waals surface area contributed by atoms with Crippen molar-refractivity contribution in [2.45, 2.75) is 0 Å². The van der Waals surface area contributed by atoms with E-state index in [2.05, 4.69) is 0 Å². The highest BCUT2D eigenvalue weighted by Crippen LogP contribution is 2.30. The van der Waals surface area contributed by atoms with E-state index >= 15 is 0 Å². The molecule has 0 bridgehead atoms. The molecule has 102 valence electrons. The summed E-state index contributed by atoms with van der Waals surface area (Å²) >= 11 is 0. The average molecular weight is 269 g/mol. The van der Waals surface area contributed by atoms with E-state index in [1.54, 1.807) is 36.4 Å². The Kier molecular flexibility index (Phi) is 3.70. The molecule has 0 aromatic heterocycles. The van der Waals surface area contributed by atoms with Crippen LogP contribution in [-0.4, -0.2) is 18.9 Å². The van der Waals surface area contributed by atoms with Gasteiger partial charge in [0.05, 0.1) is 12.7 Å². The molecule has 5 heteroatoms. The maximum Gasteiger partial charge on any atom is 0.338 e. The normalized spacial score (nSPS) is 10.1. The Morgan fingerprint density at radius 3 is 2.55 bits per heavy atom. The summed E-state index contributed by atoms with van der Waals surface area (Å²) in [6, 6.07) is 12.1. The molecule has 0 aliphatic carbocycles. The molecule has 20 heavy (non-hydrogen) atoms. The number of amidine groups is 1. The van der Waals surface area contributed by atoms with Crippen LogP contribution in [-0.2, 0) is 4.74 Å². The van der Waals surface area contributed by atoms with Crippen LogP contribution in [0.4, 0.5) is 5.69 Å². The van der Waals surface area contributed by atoms with Gasteiger partial charge in [-0.15, -0.1) is 0 Å². The minimum atomic E-state index is -0.458. The van der Waals surface area contributed by atoms with Gasteiger partial charge in [-0.2, -0.15) is 0 Å². The Balaban J connectivity index is 2.65. The van der Waals surface area contributed by atoms with E-state index in [-0.39, 0.29) is 5.84 Å². The number of rotatable bonds is 3. The van der Waals surface area contributed by atoms with Crippen LogP contribution < -0.4 is 11.5 Å². The first kappa shape index (κ1) is 13.6. The van der Waals surface area contributed by atoms with Gasteiger partial charge in [0.15, 0.2) is 0 Å². The summed E-state index contributed by atoms with van der Waals surface area (Å²) in [4.78, 5) is 11.8. The van der Waals surface area contributed by atoms with Crippen molar-refractivity contribution < 1.29 is 9.53 Å². The van der Waals surface area contributed by atoms with Gasteiger partial charge >= 0.3 is 5.97 Å². The Hall–Kier alpha value is -2.82. The molecule has 0 fully saturated rings. The van der Waals surface area contributed by atoms with Crippen molar-refractivity contribution in [2.24, 2.45) is 5.73 Å². The van der Waals surface area contributed by atoms with Gasteiger partial charge in [0.2, 0.25) is 0 Å². The number of hydrogen-bond donors (Lipinski definition) is 3. The molecule has 5 N–H and O–H groups in total. The number of nitrogens with one attached hydrogen (secondary N) is 1. The number of nitrogen functional groups attached to an aromatic ring is 2. The Labute approximate surface area is 116 Å². The fourth-order valence-electron chi connectivity index (χ4n) is 2.01. The van der Waals surface area contributed by atoms with Crippen LogP contribution >= 0.6 is 0 Å². The first-order chi connectivity index (χ1) is 9.54. The summed E-state index contributed by atoms with van der Waals surface area (Å²) in [5, 5.41) is 7.48. The van der Waals surface area contributed by atoms with Crippen LogP contribution in [0.15, 0.2) is 42.5 Å². The van der Waals surface area contributed by atoms with E-state index in [0.29, 0.717) is 22.4 Å². The van der Waals surface area contributed by atoms with Crippen molar-refractivity contribution in [1.29, 1.82) is 5.41 Å². The maximum atomic E-state index is 11.8. The van der Waals surface area contributed by atoms with Crippen LogP contribution in [0.25, 0.3) is 11.1 Å². The van der Waals surface area contributed by atoms with E-state index in [0.717, 1.165) is 5.56 Å². The van der Waals surface area contributed by atoms with Crippen molar-refractivity contribution >= 4 is 17.5 Å². The summed E-state index contributed by atoms with van der Waals surface area (Å²) in [5.41, 5.74) is 14.2. The molecule has 0 unspecified atom stereocenters. The lowest BCUT2D eigenvalue weighted by Gasteiger charge is -2.12. The van der Waals surface area contributed by atoms with Crippen molar-refractivity contribution in [2.75, 3.05) is 12.8 Å². The molecule has 0 amide bonds. The number of anilines is 1. The third-order valence-corrected chi connectivity index (χ3v) is 2.96. The zero-order chi connectivity index (χ0) is 14.7. The van der Waals surface area contributed by atoms with E-state index in [1.807, 2.05) is 6.07 Å². The molecule has 2 rings (SSSR count). The van der Waals surface area contributed by atoms with Crippen LogP contribution in [0.1, 0.15) is 15.9 Å². The van der Waals surface area contributed by atoms with Crippen molar-refractivity contribution in [3.63, 3.8) is 0 Å². The minimum absolute atomic E-state index is 0.0408. The lowest BCUT2D eigenvalue weighted by Crippen LogP contribution is -2.11. The zero-order valence-electron chi connectivity index (χ0n) is 11.0. The standard InChI is InChI=1S/C15H15N3O2/c1-20-15(19)11-6-3-7-12(16)13(11)9-4-2-5-10(8-9)14(17)18/h2-8H,16H2,1H3,(H3,17,18). The fraction of sp³-hybridized carbons (Fsp3) is 0.0667. The lowest BCUT2D eigenvalue weighted by molar-refractivity contribution is 0.0601. The fourth-order valence-corrected chi connectivity index (χ4v) is 2.01. The molecule has 0 radical (unpaired) electrons. The summed E-state index contributed by atoms with van der Waals surface area (Å²) in [7, 11) is 1.32. The molecule has 0 saturated carbocycles. The monoisotopic (exact) mass is 269 g/mol. The molecular formula is C15H15N3O2. The van der Waals surface area contributed by atoms with Gasteiger partial charge in [-0.05, 0) is 23.8 Å². The summed E-state index contributed by atoms with van der Waals surface area (Å²) in [6.45, 7) is 0. The Bertz CT molecular complexity index is 681. The van der Waals surface area contributed by atoms with Crippen molar-refractivity contribution in [3.05, 3.63) is 53.6 Å². The number of nitrogens with two attached hydrogens (primary N) is 2. The number of esters is 1. The van der Waals surface area contributed by atoms with Gasteiger partial charge in [-0.1, -0.05) is 24.3 Å². The molecule has 5 nitrogen and oxygen atoms in total. The van der Waals surface area contributed by atoms with Crippen molar-refractivity contribution in [1.82, 2.24) is 0 Å². The van der Waals surface area contributed by atoms with E-state index in [4.69, 9.17) is 21.6 Å². The third kappa shape index (κ3) is 2.47. The van der Waals surface area contributed by atoms with Crippen LogP contribution in [0.3, 0.4) is 0 Å². The van der Waals surface area contributed by atoms with Crippen LogP contribution in [0.2, 0.25) is 0 Å². The second-order valence-electron chi connectivity index (χ2n) is 4.26. The SMILES string of the molecule is COC(=O)c1cccc(N)c1-c1cccc(C(=N)N)c1. The number of hydrogen-bond acceptors (Lipinski definition) is 4. The zero-order valence-corrected chi connectivity index (χ0v) is 11.0. The van der Waals surface area contributed by atoms with E-state index < -0.39 is 5.97 Å². The highest BCUT2D eigenvalue weighted by atomic mass is 16.5. The number of methoxy groups -OCH3 is 1. The molecule has 2 aromatic carbocycles. The second kappa shape index (κ2) is 5.44. The topological polar surface area (TPSA) is 102 Å². The largest absolute Gasteiger partial charge is 0.465 e. The molecule has 0 saturated heterocycles. The molecular weight excluding hydrogens is 254 g/mol. The van der Waals surface area contributed by atoms with Crippen LogP contribution in [0.5, 0.6) is 0 Å². The smallest absolute Gasteiger partial charge is 0.338 e. The number of ether oxygens (including phenoxy) is 1. The third-order valence-electron chi connectivity index (χ3n) is 2.96. The molecule has 0 heterocycles. The minimum Gasteiger partial charge on any atom is -0.465 e. The molecule has 0 spiro atoms. The van der Waals surface area contributed by atoms with Gasteiger partial charge < -0.3 is 16.2 Å². The quantitative estimate of drug-likeness (QED) is 0.343. The molecule has 0 aliphatic heterocycles.